The minimum Gasteiger partial charge on any atom is -0.675 e. The maximum Gasteiger partial charge on any atom is 0.0707 e. The first-order valence-corrected chi connectivity index (χ1v) is 39.7. The molecule has 3 aliphatic heterocycles. The first-order valence-electron chi connectivity index (χ1n) is 39.7. The SMILES string of the molecule is CCC1=C(c2cccc3c(-c4cccc5ccccc45)cccc23)/C2=C/c3[n-]c(c(-c4ccc(-c5cccc6ccccc56)c5ccccc45)c3CC)/C=C3\[N-]C(/C=c4\[n-]/c(c(-c5cccc6c(-c7cccc8ccccc78)cccc56)c4CC)=C\C1=N2)C(c1cccc2c(-c4cccc5ccccc45)cccc12)=C3CC.[Pt]. The third kappa shape index (κ3) is 11.3. The maximum absolute atomic E-state index is 6.14. The molecule has 21 rings (SSSR count). The van der Waals surface area contributed by atoms with E-state index in [9.17, 15) is 0 Å². The second-order valence-electron chi connectivity index (χ2n) is 30.0. The molecule has 0 radical (unpaired) electrons. The van der Waals surface area contributed by atoms with Gasteiger partial charge in [-0.05, 0) is 201 Å². The number of benzene rings is 16. The smallest absolute Gasteiger partial charge is 0.0707 e. The summed E-state index contributed by atoms with van der Waals surface area (Å²) in [6, 6.07) is 116. The Kier molecular flexibility index (Phi) is 17.4. The van der Waals surface area contributed by atoms with Crippen LogP contribution in [-0.4, -0.2) is 11.8 Å². The Balaban J connectivity index is 0.00000830. The van der Waals surface area contributed by atoms with Gasteiger partial charge in [0.25, 0.3) is 0 Å². The Bertz CT molecular complexity index is 7330. The zero-order chi connectivity index (χ0) is 74.7. The van der Waals surface area contributed by atoms with E-state index < -0.39 is 6.04 Å². The van der Waals surface area contributed by atoms with Crippen molar-refractivity contribution in [3.63, 3.8) is 0 Å². The Morgan fingerprint density at radius 1 is 0.274 bits per heavy atom. The van der Waals surface area contributed by atoms with E-state index in [0.29, 0.717) is 19.3 Å². The van der Waals surface area contributed by atoms with Gasteiger partial charge in [-0.2, -0.15) is 0 Å². The summed E-state index contributed by atoms with van der Waals surface area (Å²) in [5.74, 6) is 0. The normalized spacial score (nSPS) is 15.6. The van der Waals surface area contributed by atoms with Crippen LogP contribution in [0.15, 0.2) is 343 Å². The molecule has 0 saturated carbocycles. The van der Waals surface area contributed by atoms with Crippen LogP contribution in [0.4, 0.5) is 0 Å². The van der Waals surface area contributed by atoms with Crippen LogP contribution in [0.2, 0.25) is 0 Å². The molecule has 0 N–H and O–H groups in total. The van der Waals surface area contributed by atoms with Crippen molar-refractivity contribution in [2.45, 2.75) is 59.4 Å². The molecule has 16 aromatic carbocycles. The van der Waals surface area contributed by atoms with Crippen LogP contribution in [0.1, 0.15) is 74.2 Å². The van der Waals surface area contributed by atoms with E-state index in [1.54, 1.807) is 0 Å². The Morgan fingerprint density at radius 3 is 1.08 bits per heavy atom. The Labute approximate surface area is 672 Å². The molecule has 0 spiro atoms. The average Bonchev–Trinajstić information content (AvgIpc) is 1.62. The molecule has 3 aliphatic rings. The number of aromatic nitrogens is 2. The molecule has 18 aromatic rings. The third-order valence-electron chi connectivity index (χ3n) is 24.2. The van der Waals surface area contributed by atoms with Gasteiger partial charge < -0.3 is 15.3 Å². The summed E-state index contributed by atoms with van der Waals surface area (Å²) in [4.78, 5) is 18.2. The first-order chi connectivity index (χ1) is 55.4. The van der Waals surface area contributed by atoms with E-state index >= 15 is 0 Å². The molecule has 5 heteroatoms. The zero-order valence-corrected chi connectivity index (χ0v) is 65.6. The topological polar surface area (TPSA) is 54.7 Å². The number of aliphatic imine (C=N–C) groups is 1. The molecule has 5 heterocycles. The summed E-state index contributed by atoms with van der Waals surface area (Å²) >= 11 is 0. The van der Waals surface area contributed by atoms with Crippen molar-refractivity contribution in [1.82, 2.24) is 9.97 Å². The van der Waals surface area contributed by atoms with E-state index in [4.69, 9.17) is 20.3 Å². The van der Waals surface area contributed by atoms with Gasteiger partial charge in [-0.25, -0.2) is 4.99 Å². The van der Waals surface area contributed by atoms with Crippen LogP contribution in [0, 0.1) is 0 Å². The third-order valence-corrected chi connectivity index (χ3v) is 24.2. The minimum atomic E-state index is -0.449. The predicted octanol–water partition coefficient (Wildman–Crippen LogP) is 26.8. The van der Waals surface area contributed by atoms with Crippen LogP contribution in [0.25, 0.3) is 194 Å². The number of hydrogen-bond donors (Lipinski definition) is 0. The van der Waals surface area contributed by atoms with Crippen LogP contribution in [0.3, 0.4) is 0 Å². The molecule has 0 amide bonds. The fraction of sp³-hybridized carbons (Fsp3) is 0.0833. The number of nitrogens with zero attached hydrogens (tertiary/aromatic N) is 4. The molecule has 542 valence electrons. The molecular formula is C108H77N4Pt-3. The van der Waals surface area contributed by atoms with Crippen molar-refractivity contribution in [3.05, 3.63) is 388 Å². The standard InChI is InChI=1S/C108H77N4.Pt/c1-5-69-97-62-102-107(95-58-28-52-87-84(49-25-55-91(87)95)79-45-21-35-67-31-11-15-39-75(67)79)71(7-3)99(111-102)64-104-108(96-60-59-92(81-41-17-18-42-88(81)96)80-46-22-36-68-32-12-16-40-76(68)80)72(8-4)100(112-104)63-103-106(94-57-27-51-86-83(48-24-54-90(86)94)78-44-20-34-66-30-10-14-38-74(66)78)70(6-2)98(110-103)61-101(109-97)105(69)93-56-26-50-85-82(47-23-53-89(85)93)77-43-19-33-65-29-9-13-37-73(65)77;/h9-64,102H,5-8H2,1-4H3;/q-3;/b97-62-,99-64-,101-61-,103-63-;. The van der Waals surface area contributed by atoms with E-state index in [1.165, 1.54) is 137 Å². The van der Waals surface area contributed by atoms with E-state index in [0.717, 1.165) is 106 Å². The second kappa shape index (κ2) is 28.4. The van der Waals surface area contributed by atoms with Gasteiger partial charge in [-0.15, -0.1) is 33.9 Å². The number of rotatable bonds is 12. The zero-order valence-electron chi connectivity index (χ0n) is 63.3. The molecule has 1 unspecified atom stereocenters. The van der Waals surface area contributed by atoms with Crippen LogP contribution < -0.4 is 20.7 Å². The predicted molar refractivity (Wildman–Crippen MR) is 477 cm³/mol. The molecule has 1 atom stereocenters. The summed E-state index contributed by atoms with van der Waals surface area (Å²) in [5, 5.41) is 27.1. The number of allylic oxidation sites excluding steroid dienone is 3. The van der Waals surface area contributed by atoms with Crippen molar-refractivity contribution < 1.29 is 21.1 Å². The Morgan fingerprint density at radius 2 is 0.619 bits per heavy atom. The number of hydrogen-bond acceptors (Lipinski definition) is 1. The van der Waals surface area contributed by atoms with E-state index in [-0.39, 0.29) is 21.1 Å². The Hall–Kier alpha value is -13.0. The van der Waals surface area contributed by atoms with Gasteiger partial charge in [0.2, 0.25) is 0 Å². The molecule has 0 saturated heterocycles. The summed E-state index contributed by atoms with van der Waals surface area (Å²) in [5.41, 5.74) is 27.8. The molecule has 0 aliphatic carbocycles. The van der Waals surface area contributed by atoms with Gasteiger partial charge in [0.1, 0.15) is 0 Å². The van der Waals surface area contributed by atoms with Gasteiger partial charge in [-0.3, -0.25) is 0 Å². The summed E-state index contributed by atoms with van der Waals surface area (Å²) < 4.78 is 0. The molecule has 113 heavy (non-hydrogen) atoms. The van der Waals surface area contributed by atoms with Crippen molar-refractivity contribution in [3.8, 4) is 66.8 Å². The van der Waals surface area contributed by atoms with Crippen molar-refractivity contribution in [2.75, 3.05) is 0 Å². The van der Waals surface area contributed by atoms with E-state index in [2.05, 4.69) is 367 Å². The molecular weight excluding hydrogens is 1550 g/mol. The molecule has 0 fully saturated rings. The first kappa shape index (κ1) is 69.2. The maximum atomic E-state index is 6.14. The molecule has 2 aromatic heterocycles. The van der Waals surface area contributed by atoms with E-state index in [1.807, 2.05) is 0 Å². The second-order valence-corrected chi connectivity index (χ2v) is 30.0. The fourth-order valence-electron chi connectivity index (χ4n) is 19.3. The van der Waals surface area contributed by atoms with Gasteiger partial charge in [0.15, 0.2) is 0 Å². The monoisotopic (exact) mass is 1620 g/mol. The van der Waals surface area contributed by atoms with Crippen molar-refractivity contribution >= 4 is 127 Å². The van der Waals surface area contributed by atoms with Gasteiger partial charge in [0.05, 0.1) is 11.4 Å². The van der Waals surface area contributed by atoms with Gasteiger partial charge in [0, 0.05) is 26.6 Å². The fourth-order valence-corrected chi connectivity index (χ4v) is 19.3. The summed E-state index contributed by atoms with van der Waals surface area (Å²) in [6.07, 6.45) is 12.3. The van der Waals surface area contributed by atoms with Crippen LogP contribution >= 0.6 is 0 Å². The van der Waals surface area contributed by atoms with Crippen LogP contribution in [-0.2, 0) is 33.9 Å². The van der Waals surface area contributed by atoms with Gasteiger partial charge in [-0.1, -0.05) is 384 Å². The molecule has 4 nitrogen and oxygen atoms in total. The summed E-state index contributed by atoms with van der Waals surface area (Å²) in [7, 11) is 0. The minimum absolute atomic E-state index is 0. The van der Waals surface area contributed by atoms with Crippen molar-refractivity contribution in [2.24, 2.45) is 4.99 Å². The number of fused-ring (bicyclic) bond motifs is 15. The van der Waals surface area contributed by atoms with Gasteiger partial charge >= 0.3 is 0 Å². The van der Waals surface area contributed by atoms with Crippen LogP contribution in [0.5, 0.6) is 0 Å². The quantitative estimate of drug-likeness (QED) is 0.122. The largest absolute Gasteiger partial charge is 0.675 e. The van der Waals surface area contributed by atoms with Crippen molar-refractivity contribution in [1.29, 1.82) is 0 Å². The molecule has 8 bridgehead atoms. The average molecular weight is 1630 g/mol. The summed E-state index contributed by atoms with van der Waals surface area (Å²) in [6.45, 7) is 9.22.